The number of nitrogens with one attached hydrogen (secondary N) is 1. The van der Waals surface area contributed by atoms with Gasteiger partial charge in [0, 0.05) is 11.0 Å². The molecule has 1 aliphatic rings. The normalized spacial score (nSPS) is 15.0. The lowest BCUT2D eigenvalue weighted by Crippen LogP contribution is -2.18. The van der Waals surface area contributed by atoms with E-state index in [1.165, 1.54) is 17.4 Å². The van der Waals surface area contributed by atoms with Crippen LogP contribution in [0.3, 0.4) is 0 Å². The van der Waals surface area contributed by atoms with Gasteiger partial charge in [0.1, 0.15) is 11.6 Å². The molecule has 3 aromatic rings. The van der Waals surface area contributed by atoms with Gasteiger partial charge in [-0.2, -0.15) is 0 Å². The van der Waals surface area contributed by atoms with Crippen LogP contribution in [-0.2, 0) is 24.2 Å². The molecule has 0 aliphatic heterocycles. The minimum Gasteiger partial charge on any atom is -0.493 e. The number of rotatable bonds is 8. The van der Waals surface area contributed by atoms with Gasteiger partial charge in [-0.3, -0.25) is 9.59 Å². The van der Waals surface area contributed by atoms with Crippen LogP contribution >= 0.6 is 27.3 Å². The summed E-state index contributed by atoms with van der Waals surface area (Å²) in [6, 6.07) is 13.5. The topological polar surface area (TPSA) is 90.6 Å². The molecule has 4 rings (SSSR count). The molecule has 0 radical (unpaired) electrons. The molecule has 0 saturated heterocycles. The number of hydrogen-bond donors (Lipinski definition) is 2. The first-order valence-corrected chi connectivity index (χ1v) is 12.9. The molecule has 0 bridgehead atoms. The van der Waals surface area contributed by atoms with Crippen LogP contribution in [0.2, 0.25) is 0 Å². The summed E-state index contributed by atoms with van der Waals surface area (Å²) in [6.45, 7) is 2.59. The molecule has 0 spiro atoms. The Labute approximate surface area is 217 Å². The third-order valence-corrected chi connectivity index (χ3v) is 7.66. The lowest BCUT2D eigenvalue weighted by molar-refractivity contribution is -0.111. The van der Waals surface area contributed by atoms with Crippen molar-refractivity contribution in [1.82, 2.24) is 0 Å². The number of fused-ring (bicyclic) bond motifs is 1. The van der Waals surface area contributed by atoms with E-state index in [2.05, 4.69) is 28.2 Å². The van der Waals surface area contributed by atoms with Gasteiger partial charge in [-0.05, 0) is 76.0 Å². The van der Waals surface area contributed by atoms with E-state index in [-0.39, 0.29) is 5.91 Å². The van der Waals surface area contributed by atoms with Crippen molar-refractivity contribution < 1.29 is 19.1 Å². The molecule has 0 fully saturated rings. The van der Waals surface area contributed by atoms with E-state index in [0.717, 1.165) is 40.8 Å². The first-order chi connectivity index (χ1) is 16.9. The molecule has 8 heteroatoms. The van der Waals surface area contributed by atoms with Crippen LogP contribution in [0, 0.1) is 5.92 Å². The number of primary amides is 1. The molecule has 1 aromatic heterocycles. The number of carbonyl (C=O) groups is 2. The zero-order valence-electron chi connectivity index (χ0n) is 19.6. The highest BCUT2D eigenvalue weighted by Crippen LogP contribution is 2.40. The predicted octanol–water partition coefficient (Wildman–Crippen LogP) is 5.97. The number of amides is 2. The number of hydrogen-bond acceptors (Lipinski definition) is 5. The second-order valence-corrected chi connectivity index (χ2v) is 10.5. The van der Waals surface area contributed by atoms with Crippen LogP contribution in [0.15, 0.2) is 53.0 Å². The molecule has 6 nitrogen and oxygen atoms in total. The van der Waals surface area contributed by atoms with Crippen molar-refractivity contribution in [3.63, 3.8) is 0 Å². The molecule has 2 amide bonds. The lowest BCUT2D eigenvalue weighted by atomic mass is 9.88. The summed E-state index contributed by atoms with van der Waals surface area (Å²) in [5.41, 5.74) is 8.88. The summed E-state index contributed by atoms with van der Waals surface area (Å²) in [6.07, 6.45) is 5.84. The van der Waals surface area contributed by atoms with E-state index in [0.29, 0.717) is 39.1 Å². The molecule has 182 valence electrons. The van der Waals surface area contributed by atoms with Gasteiger partial charge in [0.15, 0.2) is 11.5 Å². The third-order valence-electron chi connectivity index (χ3n) is 5.90. The Morgan fingerprint density at radius 2 is 2.03 bits per heavy atom. The summed E-state index contributed by atoms with van der Waals surface area (Å²) in [5, 5.41) is 3.37. The maximum atomic E-state index is 12.7. The lowest BCUT2D eigenvalue weighted by Gasteiger charge is -2.18. The molecule has 3 N–H and O–H groups in total. The van der Waals surface area contributed by atoms with Crippen molar-refractivity contribution >= 4 is 50.2 Å². The number of thiophene rings is 1. The Morgan fingerprint density at radius 3 is 2.74 bits per heavy atom. The highest BCUT2D eigenvalue weighted by Gasteiger charge is 2.27. The van der Waals surface area contributed by atoms with Gasteiger partial charge in [0.25, 0.3) is 5.91 Å². The molecular weight excluding hydrogens is 528 g/mol. The van der Waals surface area contributed by atoms with Crippen molar-refractivity contribution in [2.45, 2.75) is 32.8 Å². The first-order valence-electron chi connectivity index (χ1n) is 11.3. The molecule has 35 heavy (non-hydrogen) atoms. The summed E-state index contributed by atoms with van der Waals surface area (Å²) in [7, 11) is 1.57. The van der Waals surface area contributed by atoms with Crippen molar-refractivity contribution in [2.24, 2.45) is 11.7 Å². The van der Waals surface area contributed by atoms with Gasteiger partial charge >= 0.3 is 0 Å². The quantitative estimate of drug-likeness (QED) is 0.335. The number of benzene rings is 2. The van der Waals surface area contributed by atoms with Crippen LogP contribution < -0.4 is 20.5 Å². The minimum absolute atomic E-state index is 0.335. The van der Waals surface area contributed by atoms with Crippen LogP contribution in [-0.4, -0.2) is 18.9 Å². The van der Waals surface area contributed by atoms with Gasteiger partial charge < -0.3 is 20.5 Å². The van der Waals surface area contributed by atoms with Crippen LogP contribution in [0.1, 0.15) is 45.3 Å². The molecule has 2 aromatic carbocycles. The summed E-state index contributed by atoms with van der Waals surface area (Å²) in [5.74, 6) is 0.849. The van der Waals surface area contributed by atoms with Crippen molar-refractivity contribution in [1.29, 1.82) is 0 Å². The molecule has 1 unspecified atom stereocenters. The van der Waals surface area contributed by atoms with E-state index in [1.807, 2.05) is 36.4 Å². The smallest absolute Gasteiger partial charge is 0.251 e. The average molecular weight is 555 g/mol. The molecule has 1 aliphatic carbocycles. The molecule has 0 saturated carbocycles. The molecular formula is C27H27BrN2O4S. The SMILES string of the molecule is COc1cc(C=CC(=O)Nc2sc3c(c2C(N)=O)CCC(C)C3)cc(Br)c1OCc1ccccc1. The standard InChI is InChI=1S/C27H27BrN2O4S/c1-16-8-10-19-22(12-16)35-27(24(19)26(29)32)30-23(31)11-9-18-13-20(28)25(21(14-18)33-2)34-15-17-6-4-3-5-7-17/h3-7,9,11,13-14,16H,8,10,12,15H2,1-2H3,(H2,29,32)(H,30,31). The van der Waals surface area contributed by atoms with E-state index in [4.69, 9.17) is 15.2 Å². The second-order valence-electron chi connectivity index (χ2n) is 8.55. The zero-order chi connectivity index (χ0) is 24.9. The second kappa shape index (κ2) is 11.1. The Hall–Kier alpha value is -3.10. The number of halogens is 1. The Bertz CT molecular complexity index is 1270. The maximum Gasteiger partial charge on any atom is 0.251 e. The Kier molecular flexibility index (Phi) is 7.93. The number of methoxy groups -OCH3 is 1. The van der Waals surface area contributed by atoms with Crippen LogP contribution in [0.4, 0.5) is 5.00 Å². The van der Waals surface area contributed by atoms with E-state index in [9.17, 15) is 9.59 Å². The van der Waals surface area contributed by atoms with E-state index < -0.39 is 5.91 Å². The van der Waals surface area contributed by atoms with Gasteiger partial charge in [0.05, 0.1) is 17.1 Å². The van der Waals surface area contributed by atoms with E-state index in [1.54, 1.807) is 19.3 Å². The van der Waals surface area contributed by atoms with Gasteiger partial charge in [-0.25, -0.2) is 0 Å². The number of carbonyl (C=O) groups excluding carboxylic acids is 2. The predicted molar refractivity (Wildman–Crippen MR) is 143 cm³/mol. The largest absolute Gasteiger partial charge is 0.493 e. The zero-order valence-corrected chi connectivity index (χ0v) is 22.0. The van der Waals surface area contributed by atoms with Gasteiger partial charge in [0.2, 0.25) is 5.91 Å². The fourth-order valence-corrected chi connectivity index (χ4v) is 6.12. The Balaban J connectivity index is 1.48. The number of anilines is 1. The van der Waals surface area contributed by atoms with Crippen molar-refractivity contribution in [3.8, 4) is 11.5 Å². The van der Waals surface area contributed by atoms with E-state index >= 15 is 0 Å². The maximum absolute atomic E-state index is 12.7. The Morgan fingerprint density at radius 1 is 1.26 bits per heavy atom. The number of ether oxygens (including phenoxy) is 2. The summed E-state index contributed by atoms with van der Waals surface area (Å²) < 4.78 is 12.2. The fraction of sp³-hybridized carbons (Fsp3) is 0.259. The summed E-state index contributed by atoms with van der Waals surface area (Å²) >= 11 is 4.99. The van der Waals surface area contributed by atoms with Gasteiger partial charge in [-0.15, -0.1) is 11.3 Å². The fourth-order valence-electron chi connectivity index (χ4n) is 4.13. The monoisotopic (exact) mass is 554 g/mol. The molecule has 1 atom stereocenters. The first kappa shape index (κ1) is 25.0. The van der Waals surface area contributed by atoms with Crippen LogP contribution in [0.5, 0.6) is 11.5 Å². The van der Waals surface area contributed by atoms with Crippen LogP contribution in [0.25, 0.3) is 6.08 Å². The van der Waals surface area contributed by atoms with Crippen molar-refractivity contribution in [3.05, 3.63) is 80.1 Å². The summed E-state index contributed by atoms with van der Waals surface area (Å²) in [4.78, 5) is 25.9. The van der Waals surface area contributed by atoms with Gasteiger partial charge in [-0.1, -0.05) is 37.3 Å². The number of nitrogens with two attached hydrogens (primary N) is 1. The van der Waals surface area contributed by atoms with Crippen molar-refractivity contribution in [2.75, 3.05) is 12.4 Å². The third kappa shape index (κ3) is 5.94. The minimum atomic E-state index is -0.504. The molecule has 1 heterocycles. The average Bonchev–Trinajstić information content (AvgIpc) is 3.19. The highest BCUT2D eigenvalue weighted by molar-refractivity contribution is 9.10. The highest BCUT2D eigenvalue weighted by atomic mass is 79.9.